The third-order valence-electron chi connectivity index (χ3n) is 3.36. The quantitative estimate of drug-likeness (QED) is 0.258. The van der Waals surface area contributed by atoms with Gasteiger partial charge in [0.15, 0.2) is 12.3 Å². The monoisotopic (exact) mass is 488 g/mol. The van der Waals surface area contributed by atoms with Gasteiger partial charge >= 0.3 is 18.4 Å². The van der Waals surface area contributed by atoms with Gasteiger partial charge in [0, 0.05) is 23.9 Å². The number of amides is 2. The first-order chi connectivity index (χ1) is 14.8. The van der Waals surface area contributed by atoms with E-state index in [0.29, 0.717) is 5.69 Å². The summed E-state index contributed by atoms with van der Waals surface area (Å²) in [6.07, 6.45) is -10.5. The third kappa shape index (κ3) is 9.18. The Kier molecular flexibility index (Phi) is 8.55. The number of carbonyl (C=O) groups is 1. The standard InChI is InChI=1S/C16H16F6N5O4P/c1-30-27(29)10-4-2-9(3-5-10)23-14(28)26-13-24-11(31-7-15(17,18)19)6-12(25-13)32-8-16(20,21)22/h2-6,29,32H,7-8H2,1H3,(H2,23,24,25,26,28)/p+1. The SMILES string of the molecule is CO[NH+](O)c1ccc(NC(=O)Nc2nc(OCC(F)(F)F)cc(PCC(F)(F)F)n2)cc1. The van der Waals surface area contributed by atoms with Gasteiger partial charge in [-0.15, -0.1) is 0 Å². The molecule has 16 heteroatoms. The molecule has 0 saturated heterocycles. The van der Waals surface area contributed by atoms with Gasteiger partial charge in [-0.3, -0.25) is 5.32 Å². The zero-order valence-corrected chi connectivity index (χ0v) is 17.1. The molecule has 2 aromatic rings. The lowest BCUT2D eigenvalue weighted by atomic mass is 10.3. The number of nitrogens with one attached hydrogen (secondary N) is 3. The average molecular weight is 488 g/mol. The van der Waals surface area contributed by atoms with Gasteiger partial charge in [-0.25, -0.2) is 9.78 Å². The number of anilines is 2. The van der Waals surface area contributed by atoms with Gasteiger partial charge in [0.1, 0.15) is 7.11 Å². The minimum Gasteiger partial charge on any atom is -0.468 e. The number of ether oxygens (including phenoxy) is 1. The Balaban J connectivity index is 2.12. The van der Waals surface area contributed by atoms with Crippen LogP contribution in [-0.4, -0.2) is 53.4 Å². The number of hydrogen-bond acceptors (Lipinski definition) is 6. The average Bonchev–Trinajstić information content (AvgIpc) is 2.69. The number of alkyl halides is 6. The van der Waals surface area contributed by atoms with Crippen molar-refractivity contribution in [2.75, 3.05) is 30.5 Å². The number of carbonyl (C=O) groups excluding carboxylic acids is 1. The molecule has 2 amide bonds. The van der Waals surface area contributed by atoms with Crippen molar-refractivity contribution < 1.29 is 51.1 Å². The van der Waals surface area contributed by atoms with Crippen molar-refractivity contribution in [3.8, 4) is 5.88 Å². The maximum atomic E-state index is 12.5. The Morgan fingerprint density at radius 3 is 2.31 bits per heavy atom. The van der Waals surface area contributed by atoms with E-state index in [1.54, 1.807) is 0 Å². The van der Waals surface area contributed by atoms with E-state index in [4.69, 9.17) is 0 Å². The van der Waals surface area contributed by atoms with Crippen LogP contribution in [0, 0.1) is 0 Å². The van der Waals surface area contributed by atoms with Crippen molar-refractivity contribution >= 4 is 37.4 Å². The molecule has 176 valence electrons. The zero-order valence-electron chi connectivity index (χ0n) is 16.1. The summed E-state index contributed by atoms with van der Waals surface area (Å²) in [5, 5.41) is 13.6. The maximum Gasteiger partial charge on any atom is 0.422 e. The lowest BCUT2D eigenvalue weighted by Gasteiger charge is -2.13. The highest BCUT2D eigenvalue weighted by Crippen LogP contribution is 2.26. The van der Waals surface area contributed by atoms with Crippen LogP contribution in [0.1, 0.15) is 0 Å². The Bertz CT molecular complexity index is 877. The van der Waals surface area contributed by atoms with Gasteiger partial charge in [0.05, 0.1) is 11.6 Å². The number of rotatable bonds is 8. The van der Waals surface area contributed by atoms with Crippen LogP contribution in [0.3, 0.4) is 0 Å². The first-order valence-corrected chi connectivity index (χ1v) is 9.73. The molecule has 0 spiro atoms. The molecule has 0 saturated carbocycles. The molecule has 32 heavy (non-hydrogen) atoms. The predicted molar refractivity (Wildman–Crippen MR) is 101 cm³/mol. The lowest BCUT2D eigenvalue weighted by molar-refractivity contribution is -1.19. The molecule has 0 aliphatic carbocycles. The van der Waals surface area contributed by atoms with E-state index in [2.05, 4.69) is 30.2 Å². The maximum absolute atomic E-state index is 12.5. The van der Waals surface area contributed by atoms with Crippen molar-refractivity contribution in [1.82, 2.24) is 9.97 Å². The van der Waals surface area contributed by atoms with Crippen LogP contribution in [-0.2, 0) is 4.84 Å². The summed E-state index contributed by atoms with van der Waals surface area (Å²) in [6, 6.07) is 5.58. The molecule has 0 aliphatic rings. The van der Waals surface area contributed by atoms with Crippen LogP contribution in [0.2, 0.25) is 0 Å². The Labute approximate surface area is 178 Å². The molecular formula is C16H17F6N5O4P+. The molecule has 2 unspecified atom stereocenters. The van der Waals surface area contributed by atoms with E-state index in [1.165, 1.54) is 31.4 Å². The molecular weight excluding hydrogens is 471 g/mol. The Morgan fingerprint density at radius 1 is 1.09 bits per heavy atom. The van der Waals surface area contributed by atoms with E-state index in [1.807, 2.05) is 0 Å². The number of urea groups is 1. The number of quaternary nitrogens is 1. The summed E-state index contributed by atoms with van der Waals surface area (Å²) in [6.45, 7) is -1.73. The third-order valence-corrected chi connectivity index (χ3v) is 4.56. The highest BCUT2D eigenvalue weighted by Gasteiger charge is 2.30. The van der Waals surface area contributed by atoms with Crippen LogP contribution in [0.5, 0.6) is 5.88 Å². The molecule has 4 N–H and O–H groups in total. The Morgan fingerprint density at radius 2 is 1.75 bits per heavy atom. The van der Waals surface area contributed by atoms with Crippen LogP contribution < -0.4 is 26.0 Å². The molecule has 9 nitrogen and oxygen atoms in total. The lowest BCUT2D eigenvalue weighted by Crippen LogP contribution is -3.03. The fourth-order valence-corrected chi connectivity index (χ4v) is 2.86. The topological polar surface area (TPSA) is 110 Å². The van der Waals surface area contributed by atoms with Gasteiger partial charge < -0.3 is 10.1 Å². The molecule has 0 bridgehead atoms. The second-order valence-electron chi connectivity index (χ2n) is 5.95. The van der Waals surface area contributed by atoms with Gasteiger partial charge in [-0.1, -0.05) is 8.58 Å². The zero-order chi connectivity index (χ0) is 23.9. The van der Waals surface area contributed by atoms with Crippen molar-refractivity contribution in [3.05, 3.63) is 30.3 Å². The molecule has 1 aromatic carbocycles. The molecule has 1 aromatic heterocycles. The number of nitrogens with zero attached hydrogens (tertiary/aromatic N) is 2. The minimum absolute atomic E-state index is 0.249. The predicted octanol–water partition coefficient (Wildman–Crippen LogP) is 2.39. The summed E-state index contributed by atoms with van der Waals surface area (Å²) < 4.78 is 79.0. The van der Waals surface area contributed by atoms with Crippen molar-refractivity contribution in [1.29, 1.82) is 0 Å². The number of aromatic nitrogens is 2. The first-order valence-electron chi connectivity index (χ1n) is 8.52. The first kappa shape index (κ1) is 25.5. The van der Waals surface area contributed by atoms with Crippen LogP contribution >= 0.6 is 8.58 Å². The van der Waals surface area contributed by atoms with Gasteiger partial charge in [0.25, 0.3) is 0 Å². The van der Waals surface area contributed by atoms with Crippen LogP contribution in [0.25, 0.3) is 0 Å². The molecule has 0 aliphatic heterocycles. The van der Waals surface area contributed by atoms with E-state index in [-0.39, 0.29) is 16.3 Å². The van der Waals surface area contributed by atoms with E-state index < -0.39 is 51.6 Å². The summed E-state index contributed by atoms with van der Waals surface area (Å²) in [4.78, 5) is 24.1. The highest BCUT2D eigenvalue weighted by molar-refractivity contribution is 7.46. The van der Waals surface area contributed by atoms with Crippen LogP contribution in [0.15, 0.2) is 30.3 Å². The normalized spacial score (nSPS) is 13.2. The minimum atomic E-state index is -4.70. The fourth-order valence-electron chi connectivity index (χ4n) is 2.07. The van der Waals surface area contributed by atoms with Crippen LogP contribution in [0.4, 0.5) is 48.5 Å². The molecule has 2 rings (SSSR count). The Hall–Kier alpha value is -2.74. The highest BCUT2D eigenvalue weighted by atomic mass is 31.1. The summed E-state index contributed by atoms with van der Waals surface area (Å²) >= 11 is 0. The van der Waals surface area contributed by atoms with Gasteiger partial charge in [0.2, 0.25) is 11.8 Å². The summed E-state index contributed by atoms with van der Waals surface area (Å²) in [5.74, 6) is -1.19. The number of benzene rings is 1. The second kappa shape index (κ2) is 10.7. The van der Waals surface area contributed by atoms with E-state index in [9.17, 15) is 36.3 Å². The summed E-state index contributed by atoms with van der Waals surface area (Å²) in [7, 11) is 0.314. The second-order valence-corrected chi connectivity index (χ2v) is 7.17. The summed E-state index contributed by atoms with van der Waals surface area (Å²) in [5.41, 5.74) is 0.324. The van der Waals surface area contributed by atoms with Gasteiger partial charge in [-0.2, -0.15) is 41.4 Å². The fraction of sp³-hybridized carbons (Fsp3) is 0.312. The molecule has 2 atom stereocenters. The molecule has 1 heterocycles. The van der Waals surface area contributed by atoms with Crippen molar-refractivity contribution in [2.24, 2.45) is 0 Å². The number of hydrogen-bond donors (Lipinski definition) is 4. The smallest absolute Gasteiger partial charge is 0.422 e. The molecule has 0 radical (unpaired) electrons. The van der Waals surface area contributed by atoms with E-state index >= 15 is 0 Å². The van der Waals surface area contributed by atoms with Crippen molar-refractivity contribution in [3.63, 3.8) is 0 Å². The largest absolute Gasteiger partial charge is 0.468 e. The van der Waals surface area contributed by atoms with Crippen molar-refractivity contribution in [2.45, 2.75) is 12.4 Å². The van der Waals surface area contributed by atoms with Gasteiger partial charge in [-0.05, 0) is 17.4 Å². The number of halogens is 6. The molecule has 0 fully saturated rings. The van der Waals surface area contributed by atoms with E-state index in [0.717, 1.165) is 6.07 Å².